The molecule has 18 heavy (non-hydrogen) atoms. The lowest BCUT2D eigenvalue weighted by Crippen LogP contribution is -2.43. The second-order valence-corrected chi connectivity index (χ2v) is 7.85. The van der Waals surface area contributed by atoms with Gasteiger partial charge in [-0.3, -0.25) is 0 Å². The average molecular weight is 274 g/mol. The maximum absolute atomic E-state index is 12.1. The van der Waals surface area contributed by atoms with E-state index in [0.29, 0.717) is 18.2 Å². The van der Waals surface area contributed by atoms with Crippen molar-refractivity contribution in [3.05, 3.63) is 0 Å². The molecule has 1 aliphatic heterocycles. The van der Waals surface area contributed by atoms with E-state index >= 15 is 0 Å². The van der Waals surface area contributed by atoms with Crippen LogP contribution in [0.25, 0.3) is 0 Å². The van der Waals surface area contributed by atoms with Gasteiger partial charge in [0.05, 0.1) is 5.75 Å². The second kappa shape index (κ2) is 5.88. The Morgan fingerprint density at radius 3 is 2.44 bits per heavy atom. The minimum Gasteiger partial charge on any atom is -0.317 e. The summed E-state index contributed by atoms with van der Waals surface area (Å²) in [5, 5.41) is 3.27. The first-order chi connectivity index (χ1) is 8.55. The highest BCUT2D eigenvalue weighted by Crippen LogP contribution is 2.43. The Morgan fingerprint density at radius 2 is 1.94 bits per heavy atom. The van der Waals surface area contributed by atoms with Gasteiger partial charge in [0, 0.05) is 6.54 Å². The Hall–Kier alpha value is -0.130. The highest BCUT2D eigenvalue weighted by molar-refractivity contribution is 7.89. The smallest absolute Gasteiger partial charge is 0.211 e. The number of rotatable bonds is 6. The molecule has 1 heterocycles. The van der Waals surface area contributed by atoms with Crippen molar-refractivity contribution >= 4 is 10.0 Å². The predicted molar refractivity (Wildman–Crippen MR) is 74.0 cm³/mol. The summed E-state index contributed by atoms with van der Waals surface area (Å²) in [6, 6.07) is 0. The van der Waals surface area contributed by atoms with Crippen molar-refractivity contribution in [1.29, 1.82) is 0 Å². The number of hydrogen-bond donors (Lipinski definition) is 2. The molecule has 0 spiro atoms. The van der Waals surface area contributed by atoms with Gasteiger partial charge >= 0.3 is 0 Å². The normalized spacial score (nSPS) is 24.7. The van der Waals surface area contributed by atoms with Crippen LogP contribution in [-0.2, 0) is 10.0 Å². The maximum Gasteiger partial charge on any atom is 0.211 e. The highest BCUT2D eigenvalue weighted by Gasteiger charge is 2.36. The first-order valence-electron chi connectivity index (χ1n) is 7.23. The van der Waals surface area contributed by atoms with E-state index in [0.717, 1.165) is 32.4 Å². The third-order valence-corrected chi connectivity index (χ3v) is 6.24. The lowest BCUT2D eigenvalue weighted by atomic mass is 9.67. The van der Waals surface area contributed by atoms with Crippen LogP contribution in [-0.4, -0.2) is 33.8 Å². The van der Waals surface area contributed by atoms with E-state index in [1.165, 1.54) is 19.3 Å². The Balaban J connectivity index is 1.79. The zero-order chi connectivity index (χ0) is 13.1. The van der Waals surface area contributed by atoms with Crippen molar-refractivity contribution in [2.24, 2.45) is 11.3 Å². The van der Waals surface area contributed by atoms with Gasteiger partial charge in [-0.2, -0.15) is 0 Å². The van der Waals surface area contributed by atoms with Crippen LogP contribution in [0.1, 0.15) is 45.4 Å². The molecular weight excluding hydrogens is 248 g/mol. The predicted octanol–water partition coefficient (Wildman–Crippen LogP) is 1.49. The zero-order valence-corrected chi connectivity index (χ0v) is 12.2. The molecule has 2 fully saturated rings. The Morgan fingerprint density at radius 1 is 1.28 bits per heavy atom. The van der Waals surface area contributed by atoms with Gasteiger partial charge < -0.3 is 5.32 Å². The first-order valence-corrected chi connectivity index (χ1v) is 8.89. The topological polar surface area (TPSA) is 58.2 Å². The lowest BCUT2D eigenvalue weighted by molar-refractivity contribution is 0.133. The van der Waals surface area contributed by atoms with Crippen LogP contribution < -0.4 is 10.0 Å². The minimum absolute atomic E-state index is 0.265. The van der Waals surface area contributed by atoms with Crippen LogP contribution in [0, 0.1) is 11.3 Å². The zero-order valence-electron chi connectivity index (χ0n) is 11.4. The molecule has 0 aromatic heterocycles. The van der Waals surface area contributed by atoms with Gasteiger partial charge in [0.25, 0.3) is 0 Å². The quantitative estimate of drug-likeness (QED) is 0.771. The minimum atomic E-state index is -3.08. The summed E-state index contributed by atoms with van der Waals surface area (Å²) in [7, 11) is -3.08. The van der Waals surface area contributed by atoms with Crippen LogP contribution in [0.2, 0.25) is 0 Å². The molecule has 5 heteroatoms. The molecule has 106 valence electrons. The Labute approximate surface area is 111 Å². The van der Waals surface area contributed by atoms with Crippen LogP contribution in [0.15, 0.2) is 0 Å². The first kappa shape index (κ1) is 14.3. The van der Waals surface area contributed by atoms with E-state index in [9.17, 15) is 8.42 Å². The SMILES string of the molecule is CCC1(CNS(=O)(=O)CC2CCNCC2)CCC1. The molecule has 4 nitrogen and oxygen atoms in total. The molecule has 2 aliphatic rings. The number of nitrogens with one attached hydrogen (secondary N) is 2. The third-order valence-electron chi connectivity index (χ3n) is 4.75. The molecule has 0 unspecified atom stereocenters. The fourth-order valence-electron chi connectivity index (χ4n) is 3.01. The molecule has 0 aromatic rings. The monoisotopic (exact) mass is 274 g/mol. The van der Waals surface area contributed by atoms with Gasteiger partial charge in [-0.1, -0.05) is 13.3 Å². The van der Waals surface area contributed by atoms with Crippen molar-refractivity contribution in [2.45, 2.75) is 45.4 Å². The van der Waals surface area contributed by atoms with Gasteiger partial charge in [-0.15, -0.1) is 0 Å². The van der Waals surface area contributed by atoms with Crippen molar-refractivity contribution < 1.29 is 8.42 Å². The molecule has 0 radical (unpaired) electrons. The fourth-order valence-corrected chi connectivity index (χ4v) is 4.61. The van der Waals surface area contributed by atoms with Crippen LogP contribution >= 0.6 is 0 Å². The van der Waals surface area contributed by atoms with Gasteiger partial charge in [0.2, 0.25) is 10.0 Å². The Bertz CT molecular complexity index is 352. The number of sulfonamides is 1. The molecule has 2 rings (SSSR count). The summed E-state index contributed by atoms with van der Waals surface area (Å²) in [5.74, 6) is 0.650. The fraction of sp³-hybridized carbons (Fsp3) is 1.00. The number of piperidine rings is 1. The van der Waals surface area contributed by atoms with E-state index in [1.54, 1.807) is 0 Å². The highest BCUT2D eigenvalue weighted by atomic mass is 32.2. The maximum atomic E-state index is 12.1. The molecular formula is C13H26N2O2S. The van der Waals surface area contributed by atoms with Crippen molar-refractivity contribution in [2.75, 3.05) is 25.4 Å². The molecule has 0 amide bonds. The van der Waals surface area contributed by atoms with Crippen molar-refractivity contribution in [3.8, 4) is 0 Å². The van der Waals surface area contributed by atoms with E-state index in [2.05, 4.69) is 17.0 Å². The summed E-state index contributed by atoms with van der Waals surface area (Å²) < 4.78 is 27.0. The molecule has 0 aromatic carbocycles. The molecule has 1 saturated heterocycles. The molecule has 1 aliphatic carbocycles. The van der Waals surface area contributed by atoms with Crippen molar-refractivity contribution in [3.63, 3.8) is 0 Å². The molecule has 1 saturated carbocycles. The molecule has 0 atom stereocenters. The second-order valence-electron chi connectivity index (χ2n) is 6.00. The summed E-state index contributed by atoms with van der Waals surface area (Å²) in [6.45, 7) is 4.73. The average Bonchev–Trinajstić information content (AvgIpc) is 2.29. The van der Waals surface area contributed by atoms with Crippen LogP contribution in [0.5, 0.6) is 0 Å². The summed E-state index contributed by atoms with van der Waals surface area (Å²) >= 11 is 0. The summed E-state index contributed by atoms with van der Waals surface area (Å²) in [6.07, 6.45) is 6.67. The third kappa shape index (κ3) is 3.68. The van der Waals surface area contributed by atoms with Crippen LogP contribution in [0.3, 0.4) is 0 Å². The molecule has 0 bridgehead atoms. The van der Waals surface area contributed by atoms with Gasteiger partial charge in [-0.05, 0) is 56.5 Å². The largest absolute Gasteiger partial charge is 0.317 e. The van der Waals surface area contributed by atoms with E-state index in [-0.39, 0.29) is 5.41 Å². The Kier molecular flexibility index (Phi) is 4.67. The standard InChI is InChI=1S/C13H26N2O2S/c1-2-13(6-3-7-13)11-15-18(16,17)10-12-4-8-14-9-5-12/h12,14-15H,2-11H2,1H3. The van der Waals surface area contributed by atoms with E-state index in [4.69, 9.17) is 0 Å². The van der Waals surface area contributed by atoms with Gasteiger partial charge in [0.15, 0.2) is 0 Å². The van der Waals surface area contributed by atoms with E-state index < -0.39 is 10.0 Å². The van der Waals surface area contributed by atoms with Gasteiger partial charge in [-0.25, -0.2) is 13.1 Å². The summed E-state index contributed by atoms with van der Waals surface area (Å²) in [4.78, 5) is 0. The lowest BCUT2D eigenvalue weighted by Gasteiger charge is -2.41. The summed E-state index contributed by atoms with van der Waals surface area (Å²) in [5.41, 5.74) is 0.265. The van der Waals surface area contributed by atoms with E-state index in [1.807, 2.05) is 0 Å². The number of hydrogen-bond acceptors (Lipinski definition) is 3. The van der Waals surface area contributed by atoms with Crippen molar-refractivity contribution in [1.82, 2.24) is 10.0 Å². The molecule has 2 N–H and O–H groups in total. The van der Waals surface area contributed by atoms with Gasteiger partial charge in [0.1, 0.15) is 0 Å². The van der Waals surface area contributed by atoms with Crippen LogP contribution in [0.4, 0.5) is 0 Å².